The number of carbonyl (C=O) groups excluding carboxylic acids is 1. The number of anilines is 2. The molecule has 0 saturated carbocycles. The normalized spacial score (nSPS) is 14.2. The molecule has 4 rings (SSSR count). The van der Waals surface area contributed by atoms with Crippen LogP contribution in [0.5, 0.6) is 5.75 Å². The van der Waals surface area contributed by atoms with E-state index in [9.17, 15) is 13.2 Å². The lowest BCUT2D eigenvalue weighted by molar-refractivity contribution is -0.116. The average molecular weight is 396 g/mol. The van der Waals surface area contributed by atoms with E-state index in [0.717, 1.165) is 10.8 Å². The first-order chi connectivity index (χ1) is 13.5. The molecule has 1 aliphatic rings. The lowest BCUT2D eigenvalue weighted by Gasteiger charge is -2.18. The average Bonchev–Trinajstić information content (AvgIpc) is 2.92. The van der Waals surface area contributed by atoms with Crippen LogP contribution >= 0.6 is 0 Å². The van der Waals surface area contributed by atoms with Gasteiger partial charge in [-0.05, 0) is 36.1 Å². The highest BCUT2D eigenvalue weighted by Gasteiger charge is 2.35. The minimum Gasteiger partial charge on any atom is -0.495 e. The van der Waals surface area contributed by atoms with Gasteiger partial charge in [-0.2, -0.15) is 0 Å². The molecule has 0 radical (unpaired) electrons. The number of carbonyl (C=O) groups is 1. The second-order valence-corrected chi connectivity index (χ2v) is 8.39. The third kappa shape index (κ3) is 3.07. The van der Waals surface area contributed by atoms with E-state index in [-0.39, 0.29) is 18.9 Å². The maximum Gasteiger partial charge on any atom is 0.265 e. The van der Waals surface area contributed by atoms with Gasteiger partial charge in [0, 0.05) is 18.4 Å². The Kier molecular flexibility index (Phi) is 4.68. The van der Waals surface area contributed by atoms with E-state index in [0.29, 0.717) is 28.4 Å². The van der Waals surface area contributed by atoms with Crippen LogP contribution in [-0.2, 0) is 14.8 Å². The van der Waals surface area contributed by atoms with Gasteiger partial charge >= 0.3 is 0 Å². The number of amides is 1. The fourth-order valence-corrected chi connectivity index (χ4v) is 5.29. The van der Waals surface area contributed by atoms with E-state index in [1.165, 1.54) is 4.31 Å². The van der Waals surface area contributed by atoms with Gasteiger partial charge in [0.05, 0.1) is 23.4 Å². The standard InChI is InChI=1S/C21H20N2O4S/c1-27-18-11-3-2-9-16(18)22-20(24)13-6-14-23-17-10-4-7-15-8-5-12-19(21(15)17)28(23,25)26/h2-5,7-12H,6,13-14H2,1H3,(H,22,24). The highest BCUT2D eigenvalue weighted by atomic mass is 32.2. The molecule has 1 aliphatic heterocycles. The molecular formula is C21H20N2O4S. The zero-order chi connectivity index (χ0) is 19.7. The Bertz CT molecular complexity index is 1150. The number of para-hydroxylation sites is 2. The first kappa shape index (κ1) is 18.3. The summed E-state index contributed by atoms with van der Waals surface area (Å²) in [4.78, 5) is 12.6. The summed E-state index contributed by atoms with van der Waals surface area (Å²) in [5.74, 6) is 0.400. The summed E-state index contributed by atoms with van der Waals surface area (Å²) in [5.41, 5.74) is 1.28. The quantitative estimate of drug-likeness (QED) is 0.688. The summed E-state index contributed by atoms with van der Waals surface area (Å²) < 4.78 is 32.5. The van der Waals surface area contributed by atoms with E-state index in [1.54, 1.807) is 31.4 Å². The van der Waals surface area contributed by atoms with Gasteiger partial charge in [0.2, 0.25) is 5.91 Å². The number of benzene rings is 3. The van der Waals surface area contributed by atoms with Crippen LogP contribution < -0.4 is 14.4 Å². The number of sulfonamides is 1. The fourth-order valence-electron chi connectivity index (χ4n) is 3.54. The fraction of sp³-hybridized carbons (Fsp3) is 0.190. The number of methoxy groups -OCH3 is 1. The largest absolute Gasteiger partial charge is 0.495 e. The summed E-state index contributed by atoms with van der Waals surface area (Å²) in [6, 6.07) is 18.0. The zero-order valence-corrected chi connectivity index (χ0v) is 16.2. The molecule has 6 nitrogen and oxygen atoms in total. The topological polar surface area (TPSA) is 75.7 Å². The Hall–Kier alpha value is -3.06. The van der Waals surface area contributed by atoms with Gasteiger partial charge in [-0.15, -0.1) is 0 Å². The number of hydrogen-bond acceptors (Lipinski definition) is 4. The molecule has 1 N–H and O–H groups in total. The zero-order valence-electron chi connectivity index (χ0n) is 15.4. The van der Waals surface area contributed by atoms with Crippen molar-refractivity contribution in [2.45, 2.75) is 17.7 Å². The van der Waals surface area contributed by atoms with Crippen LogP contribution in [0.1, 0.15) is 12.8 Å². The first-order valence-corrected chi connectivity index (χ1v) is 10.4. The van der Waals surface area contributed by atoms with E-state index >= 15 is 0 Å². The number of hydrogen-bond donors (Lipinski definition) is 1. The van der Waals surface area contributed by atoms with Gasteiger partial charge in [-0.25, -0.2) is 8.42 Å². The highest BCUT2D eigenvalue weighted by molar-refractivity contribution is 7.93. The summed E-state index contributed by atoms with van der Waals surface area (Å²) >= 11 is 0. The third-order valence-electron chi connectivity index (χ3n) is 4.83. The minimum atomic E-state index is -3.58. The molecular weight excluding hydrogens is 376 g/mol. The van der Waals surface area contributed by atoms with Crippen LogP contribution in [-0.4, -0.2) is 28.0 Å². The molecule has 0 atom stereocenters. The molecule has 1 amide bonds. The smallest absolute Gasteiger partial charge is 0.265 e. The Morgan fingerprint density at radius 1 is 1.04 bits per heavy atom. The van der Waals surface area contributed by atoms with Crippen LogP contribution in [0.2, 0.25) is 0 Å². The Labute approximate surface area is 163 Å². The number of ether oxygens (including phenoxy) is 1. The summed E-state index contributed by atoms with van der Waals surface area (Å²) in [6.45, 7) is 0.246. The molecule has 3 aromatic carbocycles. The van der Waals surface area contributed by atoms with Crippen molar-refractivity contribution in [3.8, 4) is 5.75 Å². The number of nitrogens with one attached hydrogen (secondary N) is 1. The highest BCUT2D eigenvalue weighted by Crippen LogP contribution is 2.41. The Balaban J connectivity index is 1.46. The predicted molar refractivity (Wildman–Crippen MR) is 109 cm³/mol. The van der Waals surface area contributed by atoms with Crippen LogP contribution in [0.25, 0.3) is 10.8 Å². The summed E-state index contributed by atoms with van der Waals surface area (Å²) in [5, 5.41) is 4.46. The number of nitrogens with zero attached hydrogens (tertiary/aromatic N) is 1. The molecule has 28 heavy (non-hydrogen) atoms. The molecule has 7 heteroatoms. The summed E-state index contributed by atoms with van der Waals surface area (Å²) in [6.07, 6.45) is 0.612. The number of rotatable bonds is 6. The SMILES string of the molecule is COc1ccccc1NC(=O)CCCN1c2cccc3cccc(c23)S1(=O)=O. The van der Waals surface area contributed by atoms with Crippen LogP contribution in [0.3, 0.4) is 0 Å². The molecule has 0 saturated heterocycles. The van der Waals surface area contributed by atoms with Crippen LogP contribution in [0.4, 0.5) is 11.4 Å². The maximum absolute atomic E-state index is 12.9. The van der Waals surface area contributed by atoms with Gasteiger partial charge in [0.15, 0.2) is 0 Å². The van der Waals surface area contributed by atoms with Gasteiger partial charge in [0.1, 0.15) is 5.75 Å². The van der Waals surface area contributed by atoms with Crippen molar-refractivity contribution >= 4 is 38.1 Å². The van der Waals surface area contributed by atoms with E-state index in [1.807, 2.05) is 36.4 Å². The second-order valence-electron chi connectivity index (χ2n) is 6.56. The molecule has 3 aromatic rings. The predicted octanol–water partition coefficient (Wildman–Crippen LogP) is 3.78. The van der Waals surface area contributed by atoms with E-state index in [4.69, 9.17) is 4.74 Å². The van der Waals surface area contributed by atoms with Crippen molar-refractivity contribution in [1.82, 2.24) is 0 Å². The molecule has 0 aromatic heterocycles. The molecule has 0 bridgehead atoms. The Morgan fingerprint density at radius 2 is 1.79 bits per heavy atom. The summed E-state index contributed by atoms with van der Waals surface area (Å²) in [7, 11) is -2.04. The Morgan fingerprint density at radius 3 is 2.57 bits per heavy atom. The van der Waals surface area contributed by atoms with Crippen molar-refractivity contribution in [3.05, 3.63) is 60.7 Å². The van der Waals surface area contributed by atoms with Crippen LogP contribution in [0.15, 0.2) is 65.6 Å². The van der Waals surface area contributed by atoms with E-state index in [2.05, 4.69) is 5.32 Å². The van der Waals surface area contributed by atoms with Gasteiger partial charge in [-0.3, -0.25) is 9.10 Å². The monoisotopic (exact) mass is 396 g/mol. The van der Waals surface area contributed by atoms with Gasteiger partial charge < -0.3 is 10.1 Å². The lowest BCUT2D eigenvalue weighted by Crippen LogP contribution is -2.29. The molecule has 0 unspecified atom stereocenters. The molecule has 0 spiro atoms. The maximum atomic E-state index is 12.9. The van der Waals surface area contributed by atoms with Crippen molar-refractivity contribution in [2.75, 3.05) is 23.3 Å². The molecule has 1 heterocycles. The van der Waals surface area contributed by atoms with Crippen molar-refractivity contribution in [1.29, 1.82) is 0 Å². The first-order valence-electron chi connectivity index (χ1n) is 9.00. The van der Waals surface area contributed by atoms with E-state index < -0.39 is 10.0 Å². The van der Waals surface area contributed by atoms with Crippen molar-refractivity contribution in [2.24, 2.45) is 0 Å². The molecule has 0 fully saturated rings. The van der Waals surface area contributed by atoms with Crippen molar-refractivity contribution < 1.29 is 17.9 Å². The van der Waals surface area contributed by atoms with Crippen LogP contribution in [0, 0.1) is 0 Å². The third-order valence-corrected chi connectivity index (χ3v) is 6.68. The minimum absolute atomic E-state index is 0.184. The molecule has 0 aliphatic carbocycles. The van der Waals surface area contributed by atoms with Crippen molar-refractivity contribution in [3.63, 3.8) is 0 Å². The lowest BCUT2D eigenvalue weighted by atomic mass is 10.1. The second kappa shape index (κ2) is 7.16. The molecule has 144 valence electrons. The van der Waals surface area contributed by atoms with Gasteiger partial charge in [0.25, 0.3) is 10.0 Å². The van der Waals surface area contributed by atoms with Gasteiger partial charge in [-0.1, -0.05) is 36.4 Å².